The topological polar surface area (TPSA) is 97.1 Å². The zero-order valence-corrected chi connectivity index (χ0v) is 11.5. The third kappa shape index (κ3) is 3.38. The Kier molecular flexibility index (Phi) is 4.08. The molecule has 1 amide bonds. The van der Waals surface area contributed by atoms with E-state index in [4.69, 9.17) is 5.11 Å². The van der Waals surface area contributed by atoms with Crippen LogP contribution >= 0.6 is 15.9 Å². The van der Waals surface area contributed by atoms with Crippen molar-refractivity contribution in [1.82, 2.24) is 15.0 Å². The Morgan fingerprint density at radius 2 is 2.20 bits per heavy atom. The molecule has 0 spiro atoms. The maximum atomic E-state index is 13.1. The van der Waals surface area contributed by atoms with Crippen LogP contribution in [0, 0.1) is 5.82 Å². The summed E-state index contributed by atoms with van der Waals surface area (Å²) in [5, 5.41) is 18.1. The SMILES string of the molecule is O=C(O)Cn1cc(C(=O)Nc2cc(F)ccc2Br)nn1. The molecule has 2 N–H and O–H groups in total. The third-order valence-corrected chi connectivity index (χ3v) is 2.94. The van der Waals surface area contributed by atoms with Gasteiger partial charge in [0.25, 0.3) is 5.91 Å². The van der Waals surface area contributed by atoms with Crippen LogP contribution in [0.3, 0.4) is 0 Å². The lowest BCUT2D eigenvalue weighted by Crippen LogP contribution is -2.13. The fraction of sp³-hybridized carbons (Fsp3) is 0.0909. The third-order valence-electron chi connectivity index (χ3n) is 2.25. The standard InChI is InChI=1S/C11H8BrFN4O3/c12-7-2-1-6(13)3-8(7)14-11(20)9-4-17(16-15-9)5-10(18)19/h1-4H,5H2,(H,14,20)(H,18,19). The van der Waals surface area contributed by atoms with Gasteiger partial charge in [0.1, 0.15) is 12.4 Å². The highest BCUT2D eigenvalue weighted by atomic mass is 79.9. The van der Waals surface area contributed by atoms with Crippen LogP contribution in [-0.4, -0.2) is 32.0 Å². The molecule has 0 bridgehead atoms. The summed E-state index contributed by atoms with van der Waals surface area (Å²) in [7, 11) is 0. The quantitative estimate of drug-likeness (QED) is 0.877. The zero-order chi connectivity index (χ0) is 14.7. The molecular weight excluding hydrogens is 335 g/mol. The number of amides is 1. The van der Waals surface area contributed by atoms with Gasteiger partial charge in [-0.2, -0.15) is 0 Å². The minimum Gasteiger partial charge on any atom is -0.480 e. The summed E-state index contributed by atoms with van der Waals surface area (Å²) in [6.45, 7) is -0.399. The fourth-order valence-corrected chi connectivity index (χ4v) is 1.74. The van der Waals surface area contributed by atoms with E-state index in [-0.39, 0.29) is 11.4 Å². The van der Waals surface area contributed by atoms with Crippen molar-refractivity contribution >= 4 is 33.5 Å². The van der Waals surface area contributed by atoms with Crippen LogP contribution in [0.1, 0.15) is 10.5 Å². The van der Waals surface area contributed by atoms with Gasteiger partial charge in [-0.3, -0.25) is 9.59 Å². The molecule has 0 aliphatic rings. The molecule has 0 aliphatic heterocycles. The predicted molar refractivity (Wildman–Crippen MR) is 69.7 cm³/mol. The van der Waals surface area contributed by atoms with Crippen LogP contribution in [-0.2, 0) is 11.3 Å². The number of nitrogens with zero attached hydrogens (tertiary/aromatic N) is 3. The lowest BCUT2D eigenvalue weighted by molar-refractivity contribution is -0.137. The molecule has 9 heteroatoms. The Bertz CT molecular complexity index is 673. The average Bonchev–Trinajstić information content (AvgIpc) is 2.81. The molecule has 0 saturated heterocycles. The summed E-state index contributed by atoms with van der Waals surface area (Å²) < 4.78 is 14.6. The van der Waals surface area contributed by atoms with Crippen LogP contribution in [0.2, 0.25) is 0 Å². The molecule has 0 fully saturated rings. The molecule has 2 aromatic rings. The maximum Gasteiger partial charge on any atom is 0.325 e. The Morgan fingerprint density at radius 3 is 2.90 bits per heavy atom. The molecule has 7 nitrogen and oxygen atoms in total. The second-order valence-corrected chi connectivity index (χ2v) is 4.63. The first-order valence-electron chi connectivity index (χ1n) is 5.34. The van der Waals surface area contributed by atoms with E-state index < -0.39 is 24.2 Å². The number of benzene rings is 1. The lowest BCUT2D eigenvalue weighted by atomic mass is 10.3. The first-order valence-corrected chi connectivity index (χ1v) is 6.13. The van der Waals surface area contributed by atoms with Gasteiger partial charge >= 0.3 is 5.97 Å². The molecule has 1 aromatic carbocycles. The molecule has 0 atom stereocenters. The van der Waals surface area contributed by atoms with Crippen molar-refractivity contribution in [2.75, 3.05) is 5.32 Å². The number of nitrogens with one attached hydrogen (secondary N) is 1. The van der Waals surface area contributed by atoms with Crippen molar-refractivity contribution in [2.45, 2.75) is 6.54 Å². The number of carboxylic acid groups (broad SMARTS) is 1. The van der Waals surface area contributed by atoms with Gasteiger partial charge in [-0.05, 0) is 34.1 Å². The number of anilines is 1. The monoisotopic (exact) mass is 342 g/mol. The van der Waals surface area contributed by atoms with Gasteiger partial charge in [0.2, 0.25) is 0 Å². The van der Waals surface area contributed by atoms with Crippen molar-refractivity contribution in [2.24, 2.45) is 0 Å². The van der Waals surface area contributed by atoms with Crippen molar-refractivity contribution in [3.8, 4) is 0 Å². The summed E-state index contributed by atoms with van der Waals surface area (Å²) in [4.78, 5) is 22.3. The van der Waals surface area contributed by atoms with Gasteiger partial charge in [0, 0.05) is 4.47 Å². The molecule has 0 saturated carbocycles. The second kappa shape index (κ2) is 5.78. The van der Waals surface area contributed by atoms with Crippen LogP contribution in [0.5, 0.6) is 0 Å². The second-order valence-electron chi connectivity index (χ2n) is 3.77. The zero-order valence-electron chi connectivity index (χ0n) is 9.88. The van der Waals surface area contributed by atoms with Gasteiger partial charge in [0.05, 0.1) is 11.9 Å². The summed E-state index contributed by atoms with van der Waals surface area (Å²) in [6.07, 6.45) is 1.19. The highest BCUT2D eigenvalue weighted by molar-refractivity contribution is 9.10. The van der Waals surface area contributed by atoms with Crippen LogP contribution < -0.4 is 5.32 Å². The molecule has 0 radical (unpaired) electrons. The number of hydrogen-bond donors (Lipinski definition) is 2. The number of aliphatic carboxylic acids is 1. The van der Waals surface area contributed by atoms with Gasteiger partial charge in [-0.25, -0.2) is 9.07 Å². The molecule has 0 aliphatic carbocycles. The summed E-state index contributed by atoms with van der Waals surface area (Å²) in [6, 6.07) is 3.83. The molecule has 2 rings (SSSR count). The normalized spacial score (nSPS) is 10.3. The minimum absolute atomic E-state index is 0.0672. The Balaban J connectivity index is 2.13. The van der Waals surface area contributed by atoms with E-state index >= 15 is 0 Å². The fourth-order valence-electron chi connectivity index (χ4n) is 1.40. The number of aromatic nitrogens is 3. The van der Waals surface area contributed by atoms with Crippen LogP contribution in [0.4, 0.5) is 10.1 Å². The first kappa shape index (κ1) is 14.1. The van der Waals surface area contributed by atoms with Crippen LogP contribution in [0.15, 0.2) is 28.9 Å². The Labute approximate surface area is 120 Å². The van der Waals surface area contributed by atoms with E-state index in [1.54, 1.807) is 0 Å². The number of halogens is 2. The molecular formula is C11H8BrFN4O3. The predicted octanol–water partition coefficient (Wildman–Crippen LogP) is 1.52. The summed E-state index contributed by atoms with van der Waals surface area (Å²) in [5.41, 5.74) is 0.171. The van der Waals surface area contributed by atoms with E-state index in [2.05, 4.69) is 31.6 Å². The lowest BCUT2D eigenvalue weighted by Gasteiger charge is -2.05. The van der Waals surface area contributed by atoms with Crippen molar-refractivity contribution in [3.63, 3.8) is 0 Å². The van der Waals surface area contributed by atoms with Crippen molar-refractivity contribution in [1.29, 1.82) is 0 Å². The smallest absolute Gasteiger partial charge is 0.325 e. The molecule has 1 heterocycles. The van der Waals surface area contributed by atoms with Crippen molar-refractivity contribution < 1.29 is 19.1 Å². The minimum atomic E-state index is -1.10. The highest BCUT2D eigenvalue weighted by Crippen LogP contribution is 2.23. The number of rotatable bonds is 4. The van der Waals surface area contributed by atoms with E-state index in [0.717, 1.165) is 10.7 Å². The molecule has 104 valence electrons. The number of carbonyl (C=O) groups excluding carboxylic acids is 1. The molecule has 1 aromatic heterocycles. The Hall–Kier alpha value is -2.29. The summed E-state index contributed by atoms with van der Waals surface area (Å²) >= 11 is 3.17. The van der Waals surface area contributed by atoms with Crippen LogP contribution in [0.25, 0.3) is 0 Å². The van der Waals surface area contributed by atoms with E-state index in [0.29, 0.717) is 4.47 Å². The first-order chi connectivity index (χ1) is 9.45. The number of hydrogen-bond acceptors (Lipinski definition) is 4. The Morgan fingerprint density at radius 1 is 1.45 bits per heavy atom. The van der Waals surface area contributed by atoms with Gasteiger partial charge < -0.3 is 10.4 Å². The van der Waals surface area contributed by atoms with Gasteiger partial charge in [0.15, 0.2) is 5.69 Å². The number of carbonyl (C=O) groups is 2. The largest absolute Gasteiger partial charge is 0.480 e. The summed E-state index contributed by atoms with van der Waals surface area (Å²) in [5.74, 6) is -2.22. The number of carboxylic acids is 1. The van der Waals surface area contributed by atoms with E-state index in [9.17, 15) is 14.0 Å². The molecule has 20 heavy (non-hydrogen) atoms. The van der Waals surface area contributed by atoms with Crippen molar-refractivity contribution in [3.05, 3.63) is 40.4 Å². The highest BCUT2D eigenvalue weighted by Gasteiger charge is 2.14. The van der Waals surface area contributed by atoms with E-state index in [1.165, 1.54) is 18.3 Å². The van der Waals surface area contributed by atoms with Gasteiger partial charge in [-0.15, -0.1) is 5.10 Å². The molecule has 0 unspecified atom stereocenters. The maximum absolute atomic E-state index is 13.1. The van der Waals surface area contributed by atoms with E-state index in [1.807, 2.05) is 0 Å². The van der Waals surface area contributed by atoms with Gasteiger partial charge in [-0.1, -0.05) is 5.21 Å². The average molecular weight is 343 g/mol.